The Labute approximate surface area is 163 Å². The molecular formula is C22H21N3O3. The van der Waals surface area contributed by atoms with Crippen molar-refractivity contribution in [3.8, 4) is 5.75 Å². The third-order valence-corrected chi connectivity index (χ3v) is 4.32. The maximum Gasteiger partial charge on any atom is 0.276 e. The van der Waals surface area contributed by atoms with Crippen LogP contribution in [0.25, 0.3) is 0 Å². The van der Waals surface area contributed by atoms with Crippen LogP contribution in [0.4, 0.5) is 5.69 Å². The van der Waals surface area contributed by atoms with E-state index in [1.165, 1.54) is 17.2 Å². The number of carbonyl (C=O) groups is 2. The summed E-state index contributed by atoms with van der Waals surface area (Å²) >= 11 is 0. The summed E-state index contributed by atoms with van der Waals surface area (Å²) in [4.78, 5) is 30.8. The fourth-order valence-electron chi connectivity index (χ4n) is 2.76. The number of nitrogens with one attached hydrogen (secondary N) is 1. The number of rotatable bonds is 6. The third kappa shape index (κ3) is 4.35. The Morgan fingerprint density at radius 2 is 1.75 bits per heavy atom. The molecule has 0 aliphatic carbocycles. The van der Waals surface area contributed by atoms with E-state index in [0.717, 1.165) is 11.3 Å². The predicted molar refractivity (Wildman–Crippen MR) is 108 cm³/mol. The molecule has 1 aromatic heterocycles. The molecule has 3 rings (SSSR count). The third-order valence-electron chi connectivity index (χ3n) is 4.32. The number of hydrogen-bond acceptors (Lipinski definition) is 4. The second kappa shape index (κ2) is 8.81. The molecule has 6 heteroatoms. The average molecular weight is 375 g/mol. The van der Waals surface area contributed by atoms with Crippen LogP contribution in [-0.2, 0) is 6.54 Å². The first-order valence-electron chi connectivity index (χ1n) is 8.79. The van der Waals surface area contributed by atoms with Crippen LogP contribution in [0.5, 0.6) is 5.75 Å². The zero-order chi connectivity index (χ0) is 19.9. The minimum Gasteiger partial charge on any atom is -0.496 e. The molecule has 0 atom stereocenters. The summed E-state index contributed by atoms with van der Waals surface area (Å²) in [5.41, 5.74) is 2.19. The van der Waals surface area contributed by atoms with E-state index in [1.54, 1.807) is 20.2 Å². The van der Waals surface area contributed by atoms with Crippen molar-refractivity contribution < 1.29 is 14.3 Å². The molecule has 0 spiro atoms. The minimum absolute atomic E-state index is 0.205. The molecule has 3 aromatic rings. The van der Waals surface area contributed by atoms with Crippen LogP contribution in [-0.4, -0.2) is 31.0 Å². The maximum atomic E-state index is 12.7. The van der Waals surface area contributed by atoms with Gasteiger partial charge in [-0.05, 0) is 30.3 Å². The number of ether oxygens (including phenoxy) is 1. The number of aromatic nitrogens is 1. The topological polar surface area (TPSA) is 71.5 Å². The van der Waals surface area contributed by atoms with E-state index in [9.17, 15) is 9.59 Å². The lowest BCUT2D eigenvalue weighted by Crippen LogP contribution is -2.28. The highest BCUT2D eigenvalue weighted by Gasteiger charge is 2.17. The van der Waals surface area contributed by atoms with Crippen LogP contribution < -0.4 is 15.0 Å². The van der Waals surface area contributed by atoms with Crippen molar-refractivity contribution >= 4 is 17.5 Å². The van der Waals surface area contributed by atoms with Gasteiger partial charge in [0.25, 0.3) is 11.8 Å². The summed E-state index contributed by atoms with van der Waals surface area (Å²) in [6.07, 6.45) is 1.46. The van der Waals surface area contributed by atoms with Gasteiger partial charge in [-0.2, -0.15) is 0 Å². The monoisotopic (exact) mass is 375 g/mol. The summed E-state index contributed by atoms with van der Waals surface area (Å²) in [6.45, 7) is 0.318. The van der Waals surface area contributed by atoms with Crippen molar-refractivity contribution in [1.29, 1.82) is 0 Å². The van der Waals surface area contributed by atoms with E-state index in [0.29, 0.717) is 17.9 Å². The van der Waals surface area contributed by atoms with Crippen molar-refractivity contribution in [3.05, 3.63) is 89.7 Å². The highest BCUT2D eigenvalue weighted by molar-refractivity contribution is 6.06. The van der Waals surface area contributed by atoms with Gasteiger partial charge in [0.15, 0.2) is 0 Å². The van der Waals surface area contributed by atoms with E-state index in [4.69, 9.17) is 4.74 Å². The van der Waals surface area contributed by atoms with Crippen LogP contribution in [0.3, 0.4) is 0 Å². The highest BCUT2D eigenvalue weighted by atomic mass is 16.5. The Hall–Kier alpha value is -3.67. The lowest BCUT2D eigenvalue weighted by molar-refractivity contribution is 0.0950. The molecule has 2 aromatic carbocycles. The number of methoxy groups -OCH3 is 1. The number of amides is 2. The number of nitrogens with zero attached hydrogens (tertiary/aromatic N) is 2. The van der Waals surface area contributed by atoms with Gasteiger partial charge in [-0.1, -0.05) is 36.4 Å². The molecule has 0 saturated heterocycles. The SMILES string of the molecule is COc1ccccc1CNC(=O)c1ccnc(C(=O)N(C)c2ccccc2)c1. The van der Waals surface area contributed by atoms with Crippen molar-refractivity contribution in [1.82, 2.24) is 10.3 Å². The fourth-order valence-corrected chi connectivity index (χ4v) is 2.76. The van der Waals surface area contributed by atoms with Gasteiger partial charge in [-0.3, -0.25) is 14.6 Å². The Morgan fingerprint density at radius 1 is 1.04 bits per heavy atom. The average Bonchev–Trinajstić information content (AvgIpc) is 2.77. The Bertz CT molecular complexity index is 974. The largest absolute Gasteiger partial charge is 0.496 e. The van der Waals surface area contributed by atoms with E-state index < -0.39 is 0 Å². The Kier molecular flexibility index (Phi) is 6.01. The molecular weight excluding hydrogens is 354 g/mol. The molecule has 0 aliphatic heterocycles. The van der Waals surface area contributed by atoms with Crippen LogP contribution in [0.2, 0.25) is 0 Å². The van der Waals surface area contributed by atoms with Gasteiger partial charge in [0.2, 0.25) is 0 Å². The Balaban J connectivity index is 1.72. The zero-order valence-electron chi connectivity index (χ0n) is 15.8. The van der Waals surface area contributed by atoms with Crippen molar-refractivity contribution in [3.63, 3.8) is 0 Å². The number of benzene rings is 2. The quantitative estimate of drug-likeness (QED) is 0.718. The van der Waals surface area contributed by atoms with Gasteiger partial charge >= 0.3 is 0 Å². The number of hydrogen-bond donors (Lipinski definition) is 1. The fraction of sp³-hybridized carbons (Fsp3) is 0.136. The van der Waals surface area contributed by atoms with Crippen LogP contribution in [0.1, 0.15) is 26.4 Å². The lowest BCUT2D eigenvalue weighted by atomic mass is 10.1. The lowest BCUT2D eigenvalue weighted by Gasteiger charge is -2.17. The van der Waals surface area contributed by atoms with Crippen LogP contribution >= 0.6 is 0 Å². The van der Waals surface area contributed by atoms with Crippen molar-refractivity contribution in [2.24, 2.45) is 0 Å². The van der Waals surface area contributed by atoms with Crippen molar-refractivity contribution in [2.75, 3.05) is 19.1 Å². The van der Waals surface area contributed by atoms with Gasteiger partial charge in [-0.25, -0.2) is 0 Å². The molecule has 0 bridgehead atoms. The normalized spacial score (nSPS) is 10.2. The van der Waals surface area contributed by atoms with Gasteiger partial charge in [0.05, 0.1) is 7.11 Å². The minimum atomic E-state index is -0.287. The molecule has 142 valence electrons. The van der Waals surface area contributed by atoms with Gasteiger partial charge < -0.3 is 15.0 Å². The maximum absolute atomic E-state index is 12.7. The summed E-state index contributed by atoms with van der Waals surface area (Å²) in [5, 5.41) is 2.85. The van der Waals surface area contributed by atoms with Crippen molar-refractivity contribution in [2.45, 2.75) is 6.54 Å². The smallest absolute Gasteiger partial charge is 0.276 e. The second-order valence-electron chi connectivity index (χ2n) is 6.12. The molecule has 0 saturated carbocycles. The van der Waals surface area contributed by atoms with Crippen LogP contribution in [0.15, 0.2) is 72.9 Å². The molecule has 0 fully saturated rings. The molecule has 2 amide bonds. The van der Waals surface area contributed by atoms with E-state index in [2.05, 4.69) is 10.3 Å². The van der Waals surface area contributed by atoms with E-state index in [-0.39, 0.29) is 17.5 Å². The molecule has 0 unspecified atom stereocenters. The summed E-state index contributed by atoms with van der Waals surface area (Å²) in [6, 6.07) is 19.8. The molecule has 28 heavy (non-hydrogen) atoms. The number of anilines is 1. The van der Waals surface area contributed by atoms with E-state index >= 15 is 0 Å². The van der Waals surface area contributed by atoms with E-state index in [1.807, 2.05) is 54.6 Å². The summed E-state index contributed by atoms with van der Waals surface area (Å²) in [5.74, 6) is 0.133. The summed E-state index contributed by atoms with van der Waals surface area (Å²) in [7, 11) is 3.26. The van der Waals surface area contributed by atoms with Gasteiger partial charge in [0, 0.05) is 36.6 Å². The first kappa shape index (κ1) is 19.1. The Morgan fingerprint density at radius 3 is 2.50 bits per heavy atom. The predicted octanol–water partition coefficient (Wildman–Crippen LogP) is 3.30. The number of para-hydroxylation sites is 2. The highest BCUT2D eigenvalue weighted by Crippen LogP contribution is 2.17. The second-order valence-corrected chi connectivity index (χ2v) is 6.12. The number of carbonyl (C=O) groups excluding carboxylic acids is 2. The summed E-state index contributed by atoms with van der Waals surface area (Å²) < 4.78 is 5.29. The molecule has 1 heterocycles. The molecule has 0 radical (unpaired) electrons. The van der Waals surface area contributed by atoms with Gasteiger partial charge in [0.1, 0.15) is 11.4 Å². The van der Waals surface area contributed by atoms with Gasteiger partial charge in [-0.15, -0.1) is 0 Å². The molecule has 0 aliphatic rings. The first-order chi connectivity index (χ1) is 13.6. The standard InChI is InChI=1S/C22H21N3O3/c1-25(18-9-4-3-5-10-18)22(27)19-14-16(12-13-23-19)21(26)24-15-17-8-6-7-11-20(17)28-2/h3-14H,15H2,1-2H3,(H,24,26). The zero-order valence-corrected chi connectivity index (χ0v) is 15.8. The number of pyridine rings is 1. The van der Waals surface area contributed by atoms with Crippen LogP contribution in [0, 0.1) is 0 Å². The molecule has 6 nitrogen and oxygen atoms in total. The first-order valence-corrected chi connectivity index (χ1v) is 8.79. The molecule has 1 N–H and O–H groups in total.